The minimum atomic E-state index is -0.412. The molecule has 0 bridgehead atoms. The minimum absolute atomic E-state index is 0.108. The number of hydrogen-bond donors (Lipinski definition) is 0. The van der Waals surface area contributed by atoms with Crippen LogP contribution >= 0.6 is 0 Å². The molecule has 0 aliphatic heterocycles. The first-order chi connectivity index (χ1) is 11.2. The van der Waals surface area contributed by atoms with Gasteiger partial charge in [0, 0.05) is 0 Å². The Balaban J connectivity index is 1.78. The van der Waals surface area contributed by atoms with E-state index in [1.165, 1.54) is 6.07 Å². The molecule has 112 valence electrons. The number of carbonyl (C=O) groups excluding carboxylic acids is 1. The SMILES string of the molecule is O=C1c2c(F)cc(-c3ccccc3)cc2CC1c1ccccc1. The highest BCUT2D eigenvalue weighted by Gasteiger charge is 2.34. The van der Waals surface area contributed by atoms with Gasteiger partial charge in [-0.15, -0.1) is 0 Å². The van der Waals surface area contributed by atoms with Crippen molar-refractivity contribution in [2.24, 2.45) is 0 Å². The lowest BCUT2D eigenvalue weighted by Gasteiger charge is -2.07. The topological polar surface area (TPSA) is 17.1 Å². The van der Waals surface area contributed by atoms with Crippen molar-refractivity contribution in [2.75, 3.05) is 0 Å². The van der Waals surface area contributed by atoms with Gasteiger partial charge in [-0.1, -0.05) is 66.7 Å². The summed E-state index contributed by atoms with van der Waals surface area (Å²) in [5.41, 5.74) is 3.81. The highest BCUT2D eigenvalue weighted by Crippen LogP contribution is 2.37. The lowest BCUT2D eigenvalue weighted by atomic mass is 9.95. The Bertz CT molecular complexity index is 869. The Hall–Kier alpha value is -2.74. The van der Waals surface area contributed by atoms with Gasteiger partial charge in [0.1, 0.15) is 5.82 Å². The fourth-order valence-electron chi connectivity index (χ4n) is 3.34. The number of hydrogen-bond acceptors (Lipinski definition) is 1. The van der Waals surface area contributed by atoms with Crippen LogP contribution in [0.2, 0.25) is 0 Å². The summed E-state index contributed by atoms with van der Waals surface area (Å²) in [7, 11) is 0. The molecule has 23 heavy (non-hydrogen) atoms. The fraction of sp³-hybridized carbons (Fsp3) is 0.0952. The Morgan fingerprint density at radius 3 is 2.17 bits per heavy atom. The highest BCUT2D eigenvalue weighted by atomic mass is 19.1. The summed E-state index contributed by atoms with van der Waals surface area (Å²) in [5.74, 6) is -0.792. The van der Waals surface area contributed by atoms with Gasteiger partial charge in [0.2, 0.25) is 0 Å². The van der Waals surface area contributed by atoms with E-state index in [9.17, 15) is 9.18 Å². The second-order valence-electron chi connectivity index (χ2n) is 5.89. The Labute approximate surface area is 134 Å². The van der Waals surface area contributed by atoms with E-state index < -0.39 is 5.82 Å². The molecule has 1 nitrogen and oxygen atoms in total. The number of fused-ring (bicyclic) bond motifs is 1. The van der Waals surface area contributed by atoms with Crippen molar-refractivity contribution in [3.8, 4) is 11.1 Å². The Morgan fingerprint density at radius 1 is 0.826 bits per heavy atom. The summed E-state index contributed by atoms with van der Waals surface area (Å²) in [4.78, 5) is 12.6. The standard InChI is InChI=1S/C21H15FO/c22-19-13-16(14-7-3-1-4-8-14)11-17-12-18(21(23)20(17)19)15-9-5-2-6-10-15/h1-11,13,18H,12H2. The van der Waals surface area contributed by atoms with E-state index in [1.54, 1.807) is 0 Å². The molecule has 1 aliphatic rings. The van der Waals surface area contributed by atoms with Crippen LogP contribution in [-0.2, 0) is 6.42 Å². The molecule has 0 aromatic heterocycles. The van der Waals surface area contributed by atoms with E-state index in [4.69, 9.17) is 0 Å². The molecule has 0 radical (unpaired) electrons. The van der Waals surface area contributed by atoms with Crippen LogP contribution in [0.1, 0.15) is 27.4 Å². The zero-order valence-corrected chi connectivity index (χ0v) is 12.5. The molecule has 0 saturated heterocycles. The van der Waals surface area contributed by atoms with E-state index in [0.29, 0.717) is 6.42 Å². The van der Waals surface area contributed by atoms with Gasteiger partial charge in [0.25, 0.3) is 0 Å². The number of halogens is 1. The average Bonchev–Trinajstić information content (AvgIpc) is 2.94. The maximum atomic E-state index is 14.6. The van der Waals surface area contributed by atoms with Crippen molar-refractivity contribution < 1.29 is 9.18 Å². The van der Waals surface area contributed by atoms with Gasteiger partial charge in [0.15, 0.2) is 5.78 Å². The highest BCUT2D eigenvalue weighted by molar-refractivity contribution is 6.06. The summed E-state index contributed by atoms with van der Waals surface area (Å²) in [6.07, 6.45) is 0.565. The van der Waals surface area contributed by atoms with Crippen LogP contribution in [0.15, 0.2) is 72.8 Å². The summed E-state index contributed by atoms with van der Waals surface area (Å²) in [6.45, 7) is 0. The molecule has 0 spiro atoms. The zero-order valence-electron chi connectivity index (χ0n) is 12.5. The van der Waals surface area contributed by atoms with Crippen LogP contribution in [0.3, 0.4) is 0 Å². The van der Waals surface area contributed by atoms with E-state index in [1.807, 2.05) is 66.7 Å². The summed E-state index contributed by atoms with van der Waals surface area (Å²) in [5, 5.41) is 0. The van der Waals surface area contributed by atoms with Crippen LogP contribution in [0.4, 0.5) is 4.39 Å². The van der Waals surface area contributed by atoms with Crippen molar-refractivity contribution in [1.82, 2.24) is 0 Å². The molecule has 0 heterocycles. The minimum Gasteiger partial charge on any atom is -0.293 e. The third-order valence-corrected chi connectivity index (χ3v) is 4.47. The first kappa shape index (κ1) is 13.9. The van der Waals surface area contributed by atoms with Crippen molar-refractivity contribution >= 4 is 5.78 Å². The smallest absolute Gasteiger partial charge is 0.173 e. The third-order valence-electron chi connectivity index (χ3n) is 4.47. The number of rotatable bonds is 2. The molecule has 1 aliphatic carbocycles. The van der Waals surface area contributed by atoms with E-state index in [2.05, 4.69) is 0 Å². The second-order valence-corrected chi connectivity index (χ2v) is 5.89. The van der Waals surface area contributed by atoms with Crippen molar-refractivity contribution in [2.45, 2.75) is 12.3 Å². The molecular formula is C21H15FO. The second kappa shape index (κ2) is 5.47. The maximum absolute atomic E-state index is 14.6. The van der Waals surface area contributed by atoms with Crippen LogP contribution in [0.5, 0.6) is 0 Å². The van der Waals surface area contributed by atoms with Crippen molar-refractivity contribution in [3.05, 3.63) is 95.3 Å². The normalized spacial score (nSPS) is 16.4. The molecule has 4 rings (SSSR count). The van der Waals surface area contributed by atoms with Crippen LogP contribution in [0, 0.1) is 5.82 Å². The number of ketones is 1. The first-order valence-corrected chi connectivity index (χ1v) is 7.71. The molecule has 1 atom stereocenters. The summed E-state index contributed by atoms with van der Waals surface area (Å²) >= 11 is 0. The first-order valence-electron chi connectivity index (χ1n) is 7.71. The van der Waals surface area contributed by atoms with E-state index in [0.717, 1.165) is 22.3 Å². The van der Waals surface area contributed by atoms with Crippen LogP contribution in [0.25, 0.3) is 11.1 Å². The van der Waals surface area contributed by atoms with Gasteiger partial charge in [-0.3, -0.25) is 4.79 Å². The monoisotopic (exact) mass is 302 g/mol. The molecular weight excluding hydrogens is 287 g/mol. The van der Waals surface area contributed by atoms with Gasteiger partial charge in [0.05, 0.1) is 11.5 Å². The number of Topliss-reactive ketones (excluding diaryl/α,β-unsaturated/α-hetero) is 1. The molecule has 0 amide bonds. The van der Waals surface area contributed by atoms with Crippen molar-refractivity contribution in [3.63, 3.8) is 0 Å². The average molecular weight is 302 g/mol. The van der Waals surface area contributed by atoms with Gasteiger partial charge >= 0.3 is 0 Å². The Kier molecular flexibility index (Phi) is 3.30. The number of carbonyl (C=O) groups is 1. The van der Waals surface area contributed by atoms with Crippen LogP contribution < -0.4 is 0 Å². The predicted molar refractivity (Wildman–Crippen MR) is 89.1 cm³/mol. The van der Waals surface area contributed by atoms with Gasteiger partial charge in [-0.2, -0.15) is 0 Å². The van der Waals surface area contributed by atoms with E-state index in [-0.39, 0.29) is 17.3 Å². The molecule has 2 heteroatoms. The van der Waals surface area contributed by atoms with Gasteiger partial charge in [-0.25, -0.2) is 4.39 Å². The predicted octanol–water partition coefficient (Wildman–Crippen LogP) is 5.02. The van der Waals surface area contributed by atoms with Crippen molar-refractivity contribution in [1.29, 1.82) is 0 Å². The third kappa shape index (κ3) is 2.36. The molecule has 3 aromatic carbocycles. The van der Waals surface area contributed by atoms with Crippen LogP contribution in [-0.4, -0.2) is 5.78 Å². The fourth-order valence-corrected chi connectivity index (χ4v) is 3.34. The quantitative estimate of drug-likeness (QED) is 0.650. The zero-order chi connectivity index (χ0) is 15.8. The molecule has 3 aromatic rings. The van der Waals surface area contributed by atoms with Gasteiger partial charge in [-0.05, 0) is 34.7 Å². The molecule has 0 fully saturated rings. The molecule has 1 unspecified atom stereocenters. The largest absolute Gasteiger partial charge is 0.293 e. The summed E-state index contributed by atoms with van der Waals surface area (Å²) < 4.78 is 14.6. The number of benzene rings is 3. The lowest BCUT2D eigenvalue weighted by molar-refractivity contribution is 0.0969. The molecule has 0 saturated carbocycles. The lowest BCUT2D eigenvalue weighted by Crippen LogP contribution is -2.07. The Morgan fingerprint density at radius 2 is 1.48 bits per heavy atom. The maximum Gasteiger partial charge on any atom is 0.173 e. The summed E-state index contributed by atoms with van der Waals surface area (Å²) in [6, 6.07) is 22.7. The van der Waals surface area contributed by atoms with Gasteiger partial charge < -0.3 is 0 Å². The van der Waals surface area contributed by atoms with E-state index >= 15 is 0 Å². The molecule has 0 N–H and O–H groups in total.